The first-order valence-electron chi connectivity index (χ1n) is 5.05. The Labute approximate surface area is 75.4 Å². The van der Waals surface area contributed by atoms with Gasteiger partial charge in [-0.15, -0.1) is 0 Å². The van der Waals surface area contributed by atoms with Crippen molar-refractivity contribution >= 4 is 0 Å². The zero-order chi connectivity index (χ0) is 8.39. The molecule has 0 N–H and O–H groups in total. The lowest BCUT2D eigenvalue weighted by Gasteiger charge is -2.22. The molecule has 0 bridgehead atoms. The average Bonchev–Trinajstić information content (AvgIpc) is 2.28. The maximum Gasteiger partial charge on any atom is -0.0162 e. The molecule has 65 valence electrons. The van der Waals surface area contributed by atoms with E-state index in [4.69, 9.17) is 0 Å². The van der Waals surface area contributed by atoms with Crippen molar-refractivity contribution < 1.29 is 0 Å². The van der Waals surface area contributed by atoms with Crippen molar-refractivity contribution in [1.82, 2.24) is 0 Å². The standard InChI is InChI=1S/C12H17/c1-10-7-8-11-5-3-2-4-6-12(11)9-10/h2,6,9,11H,3-5,7-8H2,1H3. The summed E-state index contributed by atoms with van der Waals surface area (Å²) in [5.41, 5.74) is 3.19. The first-order valence-corrected chi connectivity index (χ1v) is 5.05. The molecule has 12 heavy (non-hydrogen) atoms. The zero-order valence-electron chi connectivity index (χ0n) is 7.84. The number of hydrogen-bond donors (Lipinski definition) is 0. The van der Waals surface area contributed by atoms with Crippen LogP contribution in [-0.2, 0) is 0 Å². The van der Waals surface area contributed by atoms with Gasteiger partial charge in [0, 0.05) is 0 Å². The van der Waals surface area contributed by atoms with Crippen molar-refractivity contribution in [2.45, 2.75) is 39.0 Å². The van der Waals surface area contributed by atoms with Gasteiger partial charge in [-0.1, -0.05) is 17.7 Å². The number of allylic oxidation sites excluding steroid dienone is 4. The summed E-state index contributed by atoms with van der Waals surface area (Å²) in [5, 5.41) is 0. The summed E-state index contributed by atoms with van der Waals surface area (Å²) in [6, 6.07) is 0. The third kappa shape index (κ3) is 1.63. The van der Waals surface area contributed by atoms with Crippen LogP contribution < -0.4 is 0 Å². The fourth-order valence-corrected chi connectivity index (χ4v) is 2.24. The molecule has 0 heterocycles. The molecule has 2 aliphatic carbocycles. The first-order chi connectivity index (χ1) is 5.86. The van der Waals surface area contributed by atoms with E-state index in [0.29, 0.717) is 0 Å². The lowest BCUT2D eigenvalue weighted by molar-refractivity contribution is 0.515. The lowest BCUT2D eigenvalue weighted by atomic mass is 9.84. The Bertz CT molecular complexity index is 220. The number of rotatable bonds is 0. The lowest BCUT2D eigenvalue weighted by Crippen LogP contribution is -2.07. The van der Waals surface area contributed by atoms with Gasteiger partial charge in [0.15, 0.2) is 0 Å². The zero-order valence-corrected chi connectivity index (χ0v) is 7.84. The molecule has 0 aromatic carbocycles. The molecule has 0 saturated carbocycles. The first kappa shape index (κ1) is 8.10. The second-order valence-electron chi connectivity index (χ2n) is 4.03. The fourth-order valence-electron chi connectivity index (χ4n) is 2.24. The molecular weight excluding hydrogens is 144 g/mol. The normalized spacial score (nSPS) is 29.9. The summed E-state index contributed by atoms with van der Waals surface area (Å²) in [6.07, 6.45) is 13.8. The molecule has 0 amide bonds. The highest BCUT2D eigenvalue weighted by Gasteiger charge is 2.18. The molecule has 0 fully saturated rings. The number of hydrogen-bond acceptors (Lipinski definition) is 0. The second-order valence-corrected chi connectivity index (χ2v) is 4.03. The minimum atomic E-state index is 0.882. The maximum absolute atomic E-state index is 2.42. The molecule has 0 spiro atoms. The smallest absolute Gasteiger partial charge is 0.0162 e. The van der Waals surface area contributed by atoms with Crippen LogP contribution in [0.3, 0.4) is 0 Å². The third-order valence-electron chi connectivity index (χ3n) is 3.01. The predicted octanol–water partition coefficient (Wildman–Crippen LogP) is 3.66. The van der Waals surface area contributed by atoms with Gasteiger partial charge in [-0.2, -0.15) is 0 Å². The Morgan fingerprint density at radius 3 is 3.17 bits per heavy atom. The molecule has 0 nitrogen and oxygen atoms in total. The molecule has 1 radical (unpaired) electrons. The van der Waals surface area contributed by atoms with E-state index < -0.39 is 0 Å². The molecule has 0 heteroatoms. The maximum atomic E-state index is 2.42. The highest BCUT2D eigenvalue weighted by molar-refractivity contribution is 5.30. The molecule has 0 aliphatic heterocycles. The molecule has 1 unspecified atom stereocenters. The van der Waals surface area contributed by atoms with Crippen molar-refractivity contribution in [2.24, 2.45) is 5.92 Å². The minimum absolute atomic E-state index is 0.882. The van der Waals surface area contributed by atoms with E-state index in [9.17, 15) is 0 Å². The highest BCUT2D eigenvalue weighted by Crippen LogP contribution is 2.34. The van der Waals surface area contributed by atoms with Crippen LogP contribution in [0.1, 0.15) is 39.0 Å². The Kier molecular flexibility index (Phi) is 2.34. The van der Waals surface area contributed by atoms with Crippen LogP contribution in [0.25, 0.3) is 0 Å². The van der Waals surface area contributed by atoms with Gasteiger partial charge in [0.2, 0.25) is 0 Å². The molecular formula is C12H17. The van der Waals surface area contributed by atoms with E-state index in [1.54, 1.807) is 11.1 Å². The van der Waals surface area contributed by atoms with Gasteiger partial charge in [0.05, 0.1) is 0 Å². The van der Waals surface area contributed by atoms with Gasteiger partial charge in [-0.05, 0) is 56.9 Å². The molecule has 1 atom stereocenters. The minimum Gasteiger partial charge on any atom is -0.0807 e. The second kappa shape index (κ2) is 3.47. The summed E-state index contributed by atoms with van der Waals surface area (Å²) in [6.45, 7) is 2.26. The van der Waals surface area contributed by atoms with Crippen LogP contribution in [0.5, 0.6) is 0 Å². The van der Waals surface area contributed by atoms with Crippen LogP contribution in [0.4, 0.5) is 0 Å². The summed E-state index contributed by atoms with van der Waals surface area (Å²) in [4.78, 5) is 0. The summed E-state index contributed by atoms with van der Waals surface area (Å²) in [7, 11) is 0. The topological polar surface area (TPSA) is 0 Å². The van der Waals surface area contributed by atoms with Gasteiger partial charge >= 0.3 is 0 Å². The van der Waals surface area contributed by atoms with Crippen molar-refractivity contribution in [1.29, 1.82) is 0 Å². The predicted molar refractivity (Wildman–Crippen MR) is 52.7 cm³/mol. The van der Waals surface area contributed by atoms with Crippen molar-refractivity contribution in [2.75, 3.05) is 0 Å². The third-order valence-corrected chi connectivity index (χ3v) is 3.01. The van der Waals surface area contributed by atoms with E-state index in [1.807, 2.05) is 0 Å². The Balaban J connectivity index is 2.19. The van der Waals surface area contributed by atoms with E-state index in [2.05, 4.69) is 25.5 Å². The van der Waals surface area contributed by atoms with Crippen LogP contribution >= 0.6 is 0 Å². The monoisotopic (exact) mass is 161 g/mol. The molecule has 2 aliphatic rings. The van der Waals surface area contributed by atoms with Crippen molar-refractivity contribution in [3.63, 3.8) is 0 Å². The van der Waals surface area contributed by atoms with Crippen LogP contribution in [0.2, 0.25) is 0 Å². The van der Waals surface area contributed by atoms with E-state index in [-0.39, 0.29) is 0 Å². The number of fused-ring (bicyclic) bond motifs is 1. The largest absolute Gasteiger partial charge is 0.0807 e. The summed E-state index contributed by atoms with van der Waals surface area (Å²) >= 11 is 0. The van der Waals surface area contributed by atoms with E-state index >= 15 is 0 Å². The molecule has 0 saturated heterocycles. The Morgan fingerprint density at radius 1 is 1.33 bits per heavy atom. The van der Waals surface area contributed by atoms with Gasteiger partial charge < -0.3 is 0 Å². The van der Waals surface area contributed by atoms with E-state index in [0.717, 1.165) is 5.92 Å². The fraction of sp³-hybridized carbons (Fsp3) is 0.583. The van der Waals surface area contributed by atoms with Crippen LogP contribution in [0, 0.1) is 12.3 Å². The average molecular weight is 161 g/mol. The van der Waals surface area contributed by atoms with Crippen molar-refractivity contribution in [3.05, 3.63) is 29.7 Å². The summed E-state index contributed by atoms with van der Waals surface area (Å²) < 4.78 is 0. The van der Waals surface area contributed by atoms with Gasteiger partial charge in [-0.25, -0.2) is 0 Å². The van der Waals surface area contributed by atoms with Crippen molar-refractivity contribution in [3.8, 4) is 0 Å². The Morgan fingerprint density at radius 2 is 2.25 bits per heavy atom. The highest BCUT2D eigenvalue weighted by atomic mass is 14.2. The van der Waals surface area contributed by atoms with E-state index in [1.165, 1.54) is 32.1 Å². The molecule has 2 rings (SSSR count). The van der Waals surface area contributed by atoms with Gasteiger partial charge in [0.1, 0.15) is 0 Å². The van der Waals surface area contributed by atoms with Crippen LogP contribution in [-0.4, -0.2) is 0 Å². The SMILES string of the molecule is CC1=CC2=CC[CH]CCC2CC1. The molecule has 0 aromatic heterocycles. The molecule has 0 aromatic rings. The van der Waals surface area contributed by atoms with Gasteiger partial charge in [0.25, 0.3) is 0 Å². The summed E-state index contributed by atoms with van der Waals surface area (Å²) in [5.74, 6) is 0.882. The Hall–Kier alpha value is -0.520. The van der Waals surface area contributed by atoms with Crippen LogP contribution in [0.15, 0.2) is 23.3 Å². The van der Waals surface area contributed by atoms with Gasteiger partial charge in [-0.3, -0.25) is 0 Å². The quantitative estimate of drug-likeness (QED) is 0.508.